The predicted octanol–water partition coefficient (Wildman–Crippen LogP) is 4.48. The van der Waals surface area contributed by atoms with Gasteiger partial charge in [0.2, 0.25) is 0 Å². The standard InChI is InChI=1S/C19H26N2OS/c1-13-9-10-15(11-14(13)2)18-17(23-19(22)20-18)12-21(3)16-7-5-4-6-8-16/h9-11,16H,4-8,12H2,1-3H3,(H,20,22). The van der Waals surface area contributed by atoms with Gasteiger partial charge in [-0.3, -0.25) is 9.69 Å². The number of rotatable bonds is 4. The van der Waals surface area contributed by atoms with Gasteiger partial charge in [0.1, 0.15) is 0 Å². The molecule has 0 spiro atoms. The van der Waals surface area contributed by atoms with Crippen LogP contribution in [0.3, 0.4) is 0 Å². The van der Waals surface area contributed by atoms with Gasteiger partial charge in [-0.15, -0.1) is 0 Å². The highest BCUT2D eigenvalue weighted by Gasteiger charge is 2.20. The largest absolute Gasteiger partial charge is 0.312 e. The third kappa shape index (κ3) is 3.75. The monoisotopic (exact) mass is 330 g/mol. The predicted molar refractivity (Wildman–Crippen MR) is 98.2 cm³/mol. The van der Waals surface area contributed by atoms with Crippen LogP contribution in [0.2, 0.25) is 0 Å². The first-order valence-electron chi connectivity index (χ1n) is 8.54. The molecule has 1 aliphatic carbocycles. The minimum Gasteiger partial charge on any atom is -0.312 e. The Bertz CT molecular complexity index is 725. The number of thiazole rings is 1. The van der Waals surface area contributed by atoms with Gasteiger partial charge in [0.25, 0.3) is 0 Å². The first-order valence-corrected chi connectivity index (χ1v) is 9.36. The van der Waals surface area contributed by atoms with E-state index < -0.39 is 0 Å². The number of aryl methyl sites for hydroxylation is 2. The molecule has 23 heavy (non-hydrogen) atoms. The van der Waals surface area contributed by atoms with E-state index >= 15 is 0 Å². The molecule has 0 amide bonds. The summed E-state index contributed by atoms with van der Waals surface area (Å²) in [6, 6.07) is 7.09. The van der Waals surface area contributed by atoms with Crippen LogP contribution in [0.1, 0.15) is 48.1 Å². The summed E-state index contributed by atoms with van der Waals surface area (Å²) < 4.78 is 0. The quantitative estimate of drug-likeness (QED) is 0.897. The summed E-state index contributed by atoms with van der Waals surface area (Å²) in [4.78, 5) is 18.6. The summed E-state index contributed by atoms with van der Waals surface area (Å²) in [5, 5.41) is 0. The van der Waals surface area contributed by atoms with Crippen molar-refractivity contribution in [1.29, 1.82) is 0 Å². The van der Waals surface area contributed by atoms with Gasteiger partial charge in [-0.25, -0.2) is 0 Å². The molecular weight excluding hydrogens is 304 g/mol. The number of hydrogen-bond acceptors (Lipinski definition) is 3. The summed E-state index contributed by atoms with van der Waals surface area (Å²) in [5.74, 6) is 0. The molecule has 1 aliphatic rings. The van der Waals surface area contributed by atoms with Crippen molar-refractivity contribution in [2.75, 3.05) is 7.05 Å². The van der Waals surface area contributed by atoms with E-state index in [0.717, 1.165) is 22.7 Å². The summed E-state index contributed by atoms with van der Waals surface area (Å²) in [6.45, 7) is 5.10. The molecule has 4 heteroatoms. The smallest absolute Gasteiger partial charge is 0.305 e. The normalized spacial score (nSPS) is 16.2. The summed E-state index contributed by atoms with van der Waals surface area (Å²) >= 11 is 1.36. The fraction of sp³-hybridized carbons (Fsp3) is 0.526. The van der Waals surface area contributed by atoms with Crippen molar-refractivity contribution in [3.05, 3.63) is 43.9 Å². The zero-order valence-electron chi connectivity index (χ0n) is 14.3. The van der Waals surface area contributed by atoms with Crippen LogP contribution in [0.15, 0.2) is 23.0 Å². The van der Waals surface area contributed by atoms with E-state index in [1.807, 2.05) is 0 Å². The lowest BCUT2D eigenvalue weighted by Gasteiger charge is -2.31. The summed E-state index contributed by atoms with van der Waals surface area (Å²) in [7, 11) is 2.20. The van der Waals surface area contributed by atoms with E-state index in [0.29, 0.717) is 6.04 Å². The van der Waals surface area contributed by atoms with E-state index in [9.17, 15) is 4.79 Å². The summed E-state index contributed by atoms with van der Waals surface area (Å²) in [5.41, 5.74) is 4.68. The summed E-state index contributed by atoms with van der Waals surface area (Å²) in [6.07, 6.45) is 6.62. The molecule has 0 unspecified atom stereocenters. The molecular formula is C19H26N2OS. The van der Waals surface area contributed by atoms with Crippen LogP contribution in [-0.4, -0.2) is 23.0 Å². The second kappa shape index (κ2) is 7.02. The number of H-pyrrole nitrogens is 1. The third-order valence-corrected chi connectivity index (χ3v) is 5.98. The molecule has 1 saturated carbocycles. The first kappa shape index (κ1) is 16.5. The maximum atomic E-state index is 11.9. The van der Waals surface area contributed by atoms with Gasteiger partial charge < -0.3 is 4.98 Å². The van der Waals surface area contributed by atoms with Gasteiger partial charge in [0.05, 0.1) is 5.69 Å². The van der Waals surface area contributed by atoms with Gasteiger partial charge in [-0.05, 0) is 56.5 Å². The van der Waals surface area contributed by atoms with Gasteiger partial charge >= 0.3 is 4.87 Å². The Kier molecular flexibility index (Phi) is 5.02. The number of benzene rings is 1. The third-order valence-electron chi connectivity index (χ3n) is 5.11. The Hall–Kier alpha value is -1.39. The molecule has 1 aromatic heterocycles. The van der Waals surface area contributed by atoms with Gasteiger partial charge in [-0.1, -0.05) is 42.7 Å². The maximum absolute atomic E-state index is 11.9. The zero-order chi connectivity index (χ0) is 16.4. The number of aromatic nitrogens is 1. The number of nitrogens with one attached hydrogen (secondary N) is 1. The molecule has 1 fully saturated rings. The highest BCUT2D eigenvalue weighted by molar-refractivity contribution is 7.09. The molecule has 0 radical (unpaired) electrons. The number of nitrogens with zero attached hydrogens (tertiary/aromatic N) is 1. The van der Waals surface area contributed by atoms with Crippen molar-refractivity contribution in [3.8, 4) is 11.3 Å². The van der Waals surface area contributed by atoms with Crippen molar-refractivity contribution >= 4 is 11.3 Å². The van der Waals surface area contributed by atoms with E-state index in [2.05, 4.69) is 49.0 Å². The van der Waals surface area contributed by atoms with Crippen LogP contribution in [0.5, 0.6) is 0 Å². The lowest BCUT2D eigenvalue weighted by molar-refractivity contribution is 0.186. The molecule has 1 heterocycles. The molecule has 3 nitrogen and oxygen atoms in total. The van der Waals surface area contributed by atoms with Crippen LogP contribution in [0.4, 0.5) is 0 Å². The molecule has 1 N–H and O–H groups in total. The zero-order valence-corrected chi connectivity index (χ0v) is 15.1. The topological polar surface area (TPSA) is 36.1 Å². The lowest BCUT2D eigenvalue weighted by Crippen LogP contribution is -2.32. The Labute approximate surface area is 142 Å². The van der Waals surface area contributed by atoms with Crippen LogP contribution < -0.4 is 4.87 Å². The Morgan fingerprint density at radius 1 is 1.17 bits per heavy atom. The van der Waals surface area contributed by atoms with E-state index in [4.69, 9.17) is 0 Å². The Balaban J connectivity index is 1.85. The molecule has 0 bridgehead atoms. The van der Waals surface area contributed by atoms with Crippen LogP contribution in [-0.2, 0) is 6.54 Å². The van der Waals surface area contributed by atoms with Crippen molar-refractivity contribution in [2.45, 2.75) is 58.5 Å². The highest BCUT2D eigenvalue weighted by atomic mass is 32.1. The molecule has 2 aromatic rings. The Morgan fingerprint density at radius 2 is 1.91 bits per heavy atom. The highest BCUT2D eigenvalue weighted by Crippen LogP contribution is 2.28. The van der Waals surface area contributed by atoms with E-state index in [-0.39, 0.29) is 4.87 Å². The van der Waals surface area contributed by atoms with Crippen molar-refractivity contribution in [3.63, 3.8) is 0 Å². The number of hydrogen-bond donors (Lipinski definition) is 1. The second-order valence-electron chi connectivity index (χ2n) is 6.82. The average Bonchev–Trinajstić information content (AvgIpc) is 2.91. The van der Waals surface area contributed by atoms with Crippen LogP contribution in [0, 0.1) is 13.8 Å². The van der Waals surface area contributed by atoms with E-state index in [1.165, 1.54) is 54.6 Å². The lowest BCUT2D eigenvalue weighted by atomic mass is 9.94. The fourth-order valence-electron chi connectivity index (χ4n) is 3.48. The molecule has 124 valence electrons. The molecule has 0 aliphatic heterocycles. The van der Waals surface area contributed by atoms with Crippen molar-refractivity contribution in [1.82, 2.24) is 9.88 Å². The minimum atomic E-state index is 0.0465. The van der Waals surface area contributed by atoms with Crippen LogP contribution >= 0.6 is 11.3 Å². The molecule has 1 aromatic carbocycles. The number of aromatic amines is 1. The van der Waals surface area contributed by atoms with Gasteiger partial charge in [-0.2, -0.15) is 0 Å². The van der Waals surface area contributed by atoms with Crippen LogP contribution in [0.25, 0.3) is 11.3 Å². The maximum Gasteiger partial charge on any atom is 0.305 e. The SMILES string of the molecule is Cc1ccc(-c2[nH]c(=O)sc2CN(C)C2CCCCC2)cc1C. The van der Waals surface area contributed by atoms with Gasteiger partial charge in [0.15, 0.2) is 0 Å². The van der Waals surface area contributed by atoms with Crippen molar-refractivity contribution in [2.24, 2.45) is 0 Å². The fourth-order valence-corrected chi connectivity index (χ4v) is 4.40. The first-order chi connectivity index (χ1) is 11.0. The molecule has 0 atom stereocenters. The minimum absolute atomic E-state index is 0.0465. The van der Waals surface area contributed by atoms with Crippen molar-refractivity contribution < 1.29 is 0 Å². The van der Waals surface area contributed by atoms with Gasteiger partial charge in [0, 0.05) is 17.5 Å². The van der Waals surface area contributed by atoms with E-state index in [1.54, 1.807) is 0 Å². The average molecular weight is 330 g/mol. The molecule has 0 saturated heterocycles. The molecule has 3 rings (SSSR count). The Morgan fingerprint density at radius 3 is 2.61 bits per heavy atom. The second-order valence-corrected chi connectivity index (χ2v) is 7.89.